The molecule has 1 saturated heterocycles. The van der Waals surface area contributed by atoms with E-state index >= 15 is 0 Å². The Morgan fingerprint density at radius 2 is 2.20 bits per heavy atom. The van der Waals surface area contributed by atoms with Crippen LogP contribution in [-0.2, 0) is 11.2 Å². The van der Waals surface area contributed by atoms with Gasteiger partial charge in [0.25, 0.3) is 5.91 Å². The van der Waals surface area contributed by atoms with Crippen molar-refractivity contribution in [1.29, 1.82) is 0 Å². The standard InChI is InChI=1S/C19H24N4O2/c1-2-15-14(13-21-23(15)18-9-5-6-10-20-18)19(24)22-11-12-25-17-8-4-3-7-16(17)22/h5-6,9-10,13,16-17H,2-4,7-8,11-12H2,1H3/t16-,17+/m0/s1. The van der Waals surface area contributed by atoms with Crippen LogP contribution >= 0.6 is 0 Å². The van der Waals surface area contributed by atoms with Gasteiger partial charge in [0.2, 0.25) is 0 Å². The van der Waals surface area contributed by atoms with Crippen LogP contribution < -0.4 is 0 Å². The number of ether oxygens (including phenoxy) is 1. The van der Waals surface area contributed by atoms with Gasteiger partial charge in [-0.2, -0.15) is 5.10 Å². The van der Waals surface area contributed by atoms with Crippen molar-refractivity contribution in [2.75, 3.05) is 13.2 Å². The summed E-state index contributed by atoms with van der Waals surface area (Å²) in [5.41, 5.74) is 1.61. The molecule has 2 aromatic heterocycles. The molecule has 4 rings (SSSR count). The first-order chi connectivity index (χ1) is 12.3. The number of carbonyl (C=O) groups is 1. The number of aromatic nitrogens is 3. The molecule has 1 aliphatic carbocycles. The van der Waals surface area contributed by atoms with Gasteiger partial charge in [0, 0.05) is 12.7 Å². The largest absolute Gasteiger partial charge is 0.374 e. The molecule has 0 bridgehead atoms. The van der Waals surface area contributed by atoms with E-state index in [1.54, 1.807) is 17.1 Å². The van der Waals surface area contributed by atoms with Crippen molar-refractivity contribution in [1.82, 2.24) is 19.7 Å². The van der Waals surface area contributed by atoms with E-state index in [0.29, 0.717) is 18.7 Å². The topological polar surface area (TPSA) is 60.3 Å². The summed E-state index contributed by atoms with van der Waals surface area (Å²) in [6, 6.07) is 5.92. The lowest BCUT2D eigenvalue weighted by Gasteiger charge is -2.43. The van der Waals surface area contributed by atoms with Gasteiger partial charge in [0.15, 0.2) is 5.82 Å². The number of morpholine rings is 1. The molecule has 2 atom stereocenters. The molecule has 1 aliphatic heterocycles. The summed E-state index contributed by atoms with van der Waals surface area (Å²) in [6.07, 6.45) is 8.83. The maximum atomic E-state index is 13.3. The van der Waals surface area contributed by atoms with Crippen LogP contribution in [0.4, 0.5) is 0 Å². The zero-order chi connectivity index (χ0) is 17.2. The lowest BCUT2D eigenvalue weighted by atomic mass is 9.89. The first-order valence-electron chi connectivity index (χ1n) is 9.20. The van der Waals surface area contributed by atoms with Crippen LogP contribution in [0.15, 0.2) is 30.6 Å². The number of carbonyl (C=O) groups excluding carboxylic acids is 1. The molecule has 1 saturated carbocycles. The van der Waals surface area contributed by atoms with Crippen molar-refractivity contribution in [3.05, 3.63) is 41.9 Å². The minimum absolute atomic E-state index is 0.0826. The van der Waals surface area contributed by atoms with Crippen LogP contribution in [0.3, 0.4) is 0 Å². The molecule has 2 aromatic rings. The molecule has 0 aromatic carbocycles. The Kier molecular flexibility index (Phi) is 4.53. The van der Waals surface area contributed by atoms with Gasteiger partial charge < -0.3 is 9.64 Å². The first kappa shape index (κ1) is 16.3. The van der Waals surface area contributed by atoms with E-state index in [9.17, 15) is 4.79 Å². The van der Waals surface area contributed by atoms with Crippen LogP contribution in [0.1, 0.15) is 48.7 Å². The van der Waals surface area contributed by atoms with Crippen molar-refractivity contribution < 1.29 is 9.53 Å². The van der Waals surface area contributed by atoms with Gasteiger partial charge in [-0.05, 0) is 31.4 Å². The SMILES string of the molecule is CCc1c(C(=O)N2CCO[C@@H]3CCCC[C@@H]32)cnn1-c1ccccn1. The minimum atomic E-state index is 0.0826. The van der Waals surface area contributed by atoms with E-state index in [4.69, 9.17) is 4.74 Å². The number of hydrogen-bond acceptors (Lipinski definition) is 4. The van der Waals surface area contributed by atoms with Crippen molar-refractivity contribution in [2.45, 2.75) is 51.2 Å². The average molecular weight is 340 g/mol. The van der Waals surface area contributed by atoms with E-state index < -0.39 is 0 Å². The van der Waals surface area contributed by atoms with Gasteiger partial charge >= 0.3 is 0 Å². The number of rotatable bonds is 3. The average Bonchev–Trinajstić information content (AvgIpc) is 3.11. The molecule has 132 valence electrons. The molecule has 6 nitrogen and oxygen atoms in total. The number of nitrogens with zero attached hydrogens (tertiary/aromatic N) is 4. The fraction of sp³-hybridized carbons (Fsp3) is 0.526. The third kappa shape index (κ3) is 2.95. The molecule has 3 heterocycles. The van der Waals surface area contributed by atoms with E-state index in [1.807, 2.05) is 23.1 Å². The summed E-state index contributed by atoms with van der Waals surface area (Å²) in [5.74, 6) is 0.829. The van der Waals surface area contributed by atoms with Gasteiger partial charge in [0.05, 0.1) is 36.2 Å². The van der Waals surface area contributed by atoms with E-state index in [0.717, 1.165) is 30.8 Å². The number of amides is 1. The summed E-state index contributed by atoms with van der Waals surface area (Å²) in [5, 5.41) is 4.45. The van der Waals surface area contributed by atoms with Crippen LogP contribution in [-0.4, -0.2) is 50.9 Å². The molecule has 2 fully saturated rings. The van der Waals surface area contributed by atoms with E-state index in [-0.39, 0.29) is 18.1 Å². The maximum Gasteiger partial charge on any atom is 0.257 e. The molecule has 2 aliphatic rings. The molecule has 25 heavy (non-hydrogen) atoms. The monoisotopic (exact) mass is 340 g/mol. The third-order valence-corrected chi connectivity index (χ3v) is 5.29. The summed E-state index contributed by atoms with van der Waals surface area (Å²) < 4.78 is 7.69. The minimum Gasteiger partial charge on any atom is -0.374 e. The van der Waals surface area contributed by atoms with Gasteiger partial charge in [0.1, 0.15) is 0 Å². The van der Waals surface area contributed by atoms with Gasteiger partial charge in [-0.1, -0.05) is 25.8 Å². The quantitative estimate of drug-likeness (QED) is 0.862. The predicted octanol–water partition coefficient (Wildman–Crippen LogP) is 2.61. The Hall–Kier alpha value is -2.21. The molecular weight excluding hydrogens is 316 g/mol. The highest BCUT2D eigenvalue weighted by Gasteiger charge is 2.38. The highest BCUT2D eigenvalue weighted by molar-refractivity contribution is 5.95. The molecular formula is C19H24N4O2. The Labute approximate surface area is 147 Å². The lowest BCUT2D eigenvalue weighted by molar-refractivity contribution is -0.0753. The third-order valence-electron chi connectivity index (χ3n) is 5.29. The molecule has 1 amide bonds. The van der Waals surface area contributed by atoms with E-state index in [2.05, 4.69) is 17.0 Å². The first-order valence-corrected chi connectivity index (χ1v) is 9.20. The van der Waals surface area contributed by atoms with Gasteiger partial charge in [-0.15, -0.1) is 0 Å². The van der Waals surface area contributed by atoms with Crippen LogP contribution in [0.2, 0.25) is 0 Å². The summed E-state index contributed by atoms with van der Waals surface area (Å²) >= 11 is 0. The Morgan fingerprint density at radius 3 is 3.00 bits per heavy atom. The molecule has 0 N–H and O–H groups in total. The second-order valence-corrected chi connectivity index (χ2v) is 6.72. The zero-order valence-corrected chi connectivity index (χ0v) is 14.6. The lowest BCUT2D eigenvalue weighted by Crippen LogP contribution is -2.54. The summed E-state index contributed by atoms with van der Waals surface area (Å²) in [7, 11) is 0. The van der Waals surface area contributed by atoms with E-state index in [1.165, 1.54) is 12.8 Å². The van der Waals surface area contributed by atoms with Gasteiger partial charge in [-0.25, -0.2) is 9.67 Å². The second-order valence-electron chi connectivity index (χ2n) is 6.72. The number of pyridine rings is 1. The summed E-state index contributed by atoms with van der Waals surface area (Å²) in [4.78, 5) is 19.7. The molecule has 0 radical (unpaired) electrons. The fourth-order valence-corrected chi connectivity index (χ4v) is 4.07. The highest BCUT2D eigenvalue weighted by Crippen LogP contribution is 2.30. The van der Waals surface area contributed by atoms with Crippen LogP contribution in [0.5, 0.6) is 0 Å². The van der Waals surface area contributed by atoms with Crippen molar-refractivity contribution >= 4 is 5.91 Å². The molecule has 0 unspecified atom stereocenters. The predicted molar refractivity (Wildman–Crippen MR) is 93.8 cm³/mol. The fourth-order valence-electron chi connectivity index (χ4n) is 4.07. The number of fused-ring (bicyclic) bond motifs is 1. The number of hydrogen-bond donors (Lipinski definition) is 0. The highest BCUT2D eigenvalue weighted by atomic mass is 16.5. The smallest absolute Gasteiger partial charge is 0.257 e. The van der Waals surface area contributed by atoms with Crippen molar-refractivity contribution in [3.8, 4) is 5.82 Å². The van der Waals surface area contributed by atoms with Crippen LogP contribution in [0, 0.1) is 0 Å². The van der Waals surface area contributed by atoms with Crippen LogP contribution in [0.25, 0.3) is 5.82 Å². The Morgan fingerprint density at radius 1 is 1.32 bits per heavy atom. The Balaban J connectivity index is 1.65. The van der Waals surface area contributed by atoms with Crippen molar-refractivity contribution in [2.24, 2.45) is 0 Å². The Bertz CT molecular complexity index is 741. The molecule has 0 spiro atoms. The maximum absolute atomic E-state index is 13.3. The second kappa shape index (κ2) is 6.96. The summed E-state index contributed by atoms with van der Waals surface area (Å²) in [6.45, 7) is 3.34. The molecule has 6 heteroatoms. The normalized spacial score (nSPS) is 23.3. The van der Waals surface area contributed by atoms with Crippen molar-refractivity contribution in [3.63, 3.8) is 0 Å². The van der Waals surface area contributed by atoms with Gasteiger partial charge in [-0.3, -0.25) is 4.79 Å². The zero-order valence-electron chi connectivity index (χ0n) is 14.6.